The van der Waals surface area contributed by atoms with E-state index >= 15 is 0 Å². The van der Waals surface area contributed by atoms with Gasteiger partial charge in [0, 0.05) is 37.1 Å². The van der Waals surface area contributed by atoms with Crippen molar-refractivity contribution < 1.29 is 9.59 Å². The fourth-order valence-corrected chi connectivity index (χ4v) is 2.65. The third kappa shape index (κ3) is 3.73. The van der Waals surface area contributed by atoms with Gasteiger partial charge in [-0.1, -0.05) is 6.07 Å². The normalized spacial score (nSPS) is 10.9. The number of benzene rings is 1. The first-order chi connectivity index (χ1) is 11.6. The Hall–Kier alpha value is -2.63. The summed E-state index contributed by atoms with van der Waals surface area (Å²) in [5, 5.41) is 7.15. The lowest BCUT2D eigenvalue weighted by Gasteiger charge is -2.22. The second kappa shape index (κ2) is 7.09. The summed E-state index contributed by atoms with van der Waals surface area (Å²) in [5.41, 5.74) is 4.12. The lowest BCUT2D eigenvalue weighted by atomic mass is 10.1. The summed E-state index contributed by atoms with van der Waals surface area (Å²) >= 11 is 0. The maximum Gasteiger partial charge on any atom is 0.259 e. The maximum absolute atomic E-state index is 12.6. The summed E-state index contributed by atoms with van der Waals surface area (Å²) in [6, 6.07) is 5.49. The molecule has 1 aromatic heterocycles. The molecule has 2 amide bonds. The van der Waals surface area contributed by atoms with Crippen molar-refractivity contribution in [1.82, 2.24) is 14.7 Å². The minimum Gasteiger partial charge on any atom is -0.339 e. The standard InChI is InChI=1S/C19H26N4O2/c1-11(2)22(6)19(25)16-10-15(9-8-12(16)3)20-18(24)17-13(4)21-23(7)14(17)5/h8-11H,1-7H3,(H,20,24). The van der Waals surface area contributed by atoms with E-state index in [4.69, 9.17) is 0 Å². The quantitative estimate of drug-likeness (QED) is 0.928. The highest BCUT2D eigenvalue weighted by molar-refractivity contribution is 6.06. The second-order valence-electron chi connectivity index (χ2n) is 6.66. The monoisotopic (exact) mass is 342 g/mol. The molecule has 6 heteroatoms. The Kier molecular flexibility index (Phi) is 5.30. The maximum atomic E-state index is 12.6. The number of nitrogens with zero attached hydrogens (tertiary/aromatic N) is 3. The molecule has 1 heterocycles. The first kappa shape index (κ1) is 18.7. The molecule has 0 aliphatic carbocycles. The first-order valence-electron chi connectivity index (χ1n) is 8.32. The van der Waals surface area contributed by atoms with Crippen LogP contribution in [0, 0.1) is 20.8 Å². The van der Waals surface area contributed by atoms with E-state index in [-0.39, 0.29) is 17.9 Å². The van der Waals surface area contributed by atoms with Crippen LogP contribution in [0.2, 0.25) is 0 Å². The molecule has 1 N–H and O–H groups in total. The number of hydrogen-bond acceptors (Lipinski definition) is 3. The molecule has 0 saturated heterocycles. The number of rotatable bonds is 4. The Morgan fingerprint density at radius 1 is 1.20 bits per heavy atom. The number of nitrogens with one attached hydrogen (secondary N) is 1. The molecule has 0 radical (unpaired) electrons. The summed E-state index contributed by atoms with van der Waals surface area (Å²) in [7, 11) is 3.59. The molecule has 1 aromatic carbocycles. The predicted molar refractivity (Wildman–Crippen MR) is 99.0 cm³/mol. The molecule has 0 saturated carbocycles. The van der Waals surface area contributed by atoms with Gasteiger partial charge in [-0.3, -0.25) is 14.3 Å². The minimum atomic E-state index is -0.220. The van der Waals surface area contributed by atoms with Crippen LogP contribution in [0.1, 0.15) is 51.5 Å². The topological polar surface area (TPSA) is 67.2 Å². The van der Waals surface area contributed by atoms with Crippen LogP contribution in [0.15, 0.2) is 18.2 Å². The molecule has 0 aliphatic rings. The highest BCUT2D eigenvalue weighted by atomic mass is 16.2. The van der Waals surface area contributed by atoms with Gasteiger partial charge in [0.05, 0.1) is 11.3 Å². The van der Waals surface area contributed by atoms with Crippen molar-refractivity contribution in [1.29, 1.82) is 0 Å². The van der Waals surface area contributed by atoms with Gasteiger partial charge in [0.2, 0.25) is 0 Å². The third-order valence-corrected chi connectivity index (χ3v) is 4.56. The fraction of sp³-hybridized carbons (Fsp3) is 0.421. The zero-order valence-electron chi connectivity index (χ0n) is 16.0. The first-order valence-corrected chi connectivity index (χ1v) is 8.32. The highest BCUT2D eigenvalue weighted by Crippen LogP contribution is 2.20. The van der Waals surface area contributed by atoms with Gasteiger partial charge < -0.3 is 10.2 Å². The summed E-state index contributed by atoms with van der Waals surface area (Å²) in [6.07, 6.45) is 0. The van der Waals surface area contributed by atoms with E-state index in [1.807, 2.05) is 47.7 Å². The Morgan fingerprint density at radius 3 is 2.36 bits per heavy atom. The summed E-state index contributed by atoms with van der Waals surface area (Å²) < 4.78 is 1.69. The molecular formula is C19H26N4O2. The smallest absolute Gasteiger partial charge is 0.259 e. The predicted octanol–water partition coefficient (Wildman–Crippen LogP) is 3.08. The van der Waals surface area contributed by atoms with Crippen LogP contribution in [0.25, 0.3) is 0 Å². The molecule has 2 aromatic rings. The number of aromatic nitrogens is 2. The van der Waals surface area contributed by atoms with E-state index in [2.05, 4.69) is 10.4 Å². The number of carbonyl (C=O) groups is 2. The van der Waals surface area contributed by atoms with Crippen LogP contribution in [-0.2, 0) is 7.05 Å². The van der Waals surface area contributed by atoms with Crippen molar-refractivity contribution in [3.63, 3.8) is 0 Å². The molecule has 2 rings (SSSR count). The zero-order valence-corrected chi connectivity index (χ0v) is 16.0. The van der Waals surface area contributed by atoms with E-state index in [0.717, 1.165) is 11.3 Å². The van der Waals surface area contributed by atoms with E-state index in [0.29, 0.717) is 22.5 Å². The van der Waals surface area contributed by atoms with Gasteiger partial charge in [-0.2, -0.15) is 5.10 Å². The molecule has 0 spiro atoms. The summed E-state index contributed by atoms with van der Waals surface area (Å²) in [6.45, 7) is 9.49. The average molecular weight is 342 g/mol. The molecule has 6 nitrogen and oxygen atoms in total. The van der Waals surface area contributed by atoms with Crippen molar-refractivity contribution in [2.45, 2.75) is 40.7 Å². The molecule has 0 fully saturated rings. The molecule has 0 unspecified atom stereocenters. The largest absolute Gasteiger partial charge is 0.339 e. The molecule has 134 valence electrons. The van der Waals surface area contributed by atoms with Gasteiger partial charge in [-0.05, 0) is 52.3 Å². The zero-order chi connectivity index (χ0) is 18.9. The van der Waals surface area contributed by atoms with Gasteiger partial charge in [0.25, 0.3) is 11.8 Å². The molecular weight excluding hydrogens is 316 g/mol. The second-order valence-corrected chi connectivity index (χ2v) is 6.66. The Balaban J connectivity index is 2.31. The number of anilines is 1. The lowest BCUT2D eigenvalue weighted by molar-refractivity contribution is 0.0754. The number of aryl methyl sites for hydroxylation is 3. The van der Waals surface area contributed by atoms with Crippen molar-refractivity contribution in [3.05, 3.63) is 46.3 Å². The van der Waals surface area contributed by atoms with Crippen molar-refractivity contribution in [2.75, 3.05) is 12.4 Å². The Morgan fingerprint density at radius 2 is 1.84 bits per heavy atom. The van der Waals surface area contributed by atoms with Crippen molar-refractivity contribution in [2.24, 2.45) is 7.05 Å². The van der Waals surface area contributed by atoms with E-state index < -0.39 is 0 Å². The van der Waals surface area contributed by atoms with Crippen LogP contribution in [-0.4, -0.2) is 39.6 Å². The van der Waals surface area contributed by atoms with Crippen LogP contribution in [0.5, 0.6) is 0 Å². The van der Waals surface area contributed by atoms with Gasteiger partial charge in [-0.25, -0.2) is 0 Å². The van der Waals surface area contributed by atoms with E-state index in [1.54, 1.807) is 28.8 Å². The Bertz CT molecular complexity index is 821. The number of carbonyl (C=O) groups excluding carboxylic acids is 2. The highest BCUT2D eigenvalue weighted by Gasteiger charge is 2.20. The van der Waals surface area contributed by atoms with Gasteiger partial charge in [0.15, 0.2) is 0 Å². The van der Waals surface area contributed by atoms with Crippen molar-refractivity contribution in [3.8, 4) is 0 Å². The van der Waals surface area contributed by atoms with E-state index in [9.17, 15) is 9.59 Å². The summed E-state index contributed by atoms with van der Waals surface area (Å²) in [5.74, 6) is -0.278. The SMILES string of the molecule is Cc1ccc(NC(=O)c2c(C)nn(C)c2C)cc1C(=O)N(C)C(C)C. The third-order valence-electron chi connectivity index (χ3n) is 4.56. The van der Waals surface area contributed by atoms with Crippen LogP contribution in [0.3, 0.4) is 0 Å². The van der Waals surface area contributed by atoms with Gasteiger partial charge in [0.1, 0.15) is 0 Å². The summed E-state index contributed by atoms with van der Waals surface area (Å²) in [4.78, 5) is 26.9. The van der Waals surface area contributed by atoms with Crippen LogP contribution < -0.4 is 5.32 Å². The number of amides is 2. The van der Waals surface area contributed by atoms with E-state index in [1.165, 1.54) is 0 Å². The molecule has 0 aliphatic heterocycles. The van der Waals surface area contributed by atoms with Crippen LogP contribution >= 0.6 is 0 Å². The van der Waals surface area contributed by atoms with Gasteiger partial charge >= 0.3 is 0 Å². The lowest BCUT2D eigenvalue weighted by Crippen LogP contribution is -2.33. The van der Waals surface area contributed by atoms with Crippen LogP contribution in [0.4, 0.5) is 5.69 Å². The van der Waals surface area contributed by atoms with Crippen molar-refractivity contribution >= 4 is 17.5 Å². The molecule has 0 bridgehead atoms. The number of hydrogen-bond donors (Lipinski definition) is 1. The average Bonchev–Trinajstić information content (AvgIpc) is 2.80. The van der Waals surface area contributed by atoms with Gasteiger partial charge in [-0.15, -0.1) is 0 Å². The molecule has 0 atom stereocenters. The Labute approximate surface area is 148 Å². The fourth-order valence-electron chi connectivity index (χ4n) is 2.65. The molecule has 25 heavy (non-hydrogen) atoms. The minimum absolute atomic E-state index is 0.0580.